The first-order valence-corrected chi connectivity index (χ1v) is 13.2. The fraction of sp³-hybridized carbons (Fsp3) is 0.0357. The second-order valence-electron chi connectivity index (χ2n) is 8.07. The van der Waals surface area contributed by atoms with Crippen molar-refractivity contribution in [1.82, 2.24) is 9.55 Å². The fourth-order valence-electron chi connectivity index (χ4n) is 3.61. The first kappa shape index (κ1) is 25.7. The Labute approximate surface area is 232 Å². The number of fused-ring (bicyclic) bond motifs is 1. The van der Waals surface area contributed by atoms with Crippen molar-refractivity contribution < 1.29 is 4.79 Å². The van der Waals surface area contributed by atoms with E-state index in [9.17, 15) is 9.59 Å². The van der Waals surface area contributed by atoms with Crippen molar-refractivity contribution in [2.24, 2.45) is 10.2 Å². The fourth-order valence-corrected chi connectivity index (χ4v) is 4.71. The van der Waals surface area contributed by atoms with Crippen LogP contribution >= 0.6 is 35.0 Å². The van der Waals surface area contributed by atoms with E-state index in [-0.39, 0.29) is 17.2 Å². The SMILES string of the molecule is O=C(CSc1nc2ccccc2c(=O)n1-c1ccc(Cl)c(Cl)c1)Nc1ccc(N=Nc2ccccc2)cc1. The number of anilines is 1. The molecule has 10 heteroatoms. The van der Waals surface area contributed by atoms with Crippen LogP contribution in [0.15, 0.2) is 117 Å². The number of para-hydroxylation sites is 1. The van der Waals surface area contributed by atoms with Gasteiger partial charge in [0.2, 0.25) is 5.91 Å². The maximum Gasteiger partial charge on any atom is 0.266 e. The van der Waals surface area contributed by atoms with Gasteiger partial charge in [-0.05, 0) is 66.7 Å². The lowest BCUT2D eigenvalue weighted by Gasteiger charge is -2.14. The zero-order chi connectivity index (χ0) is 26.5. The molecule has 188 valence electrons. The lowest BCUT2D eigenvalue weighted by molar-refractivity contribution is -0.113. The van der Waals surface area contributed by atoms with Gasteiger partial charge in [-0.25, -0.2) is 4.98 Å². The van der Waals surface area contributed by atoms with E-state index < -0.39 is 0 Å². The van der Waals surface area contributed by atoms with E-state index in [0.29, 0.717) is 43.2 Å². The highest BCUT2D eigenvalue weighted by Gasteiger charge is 2.16. The van der Waals surface area contributed by atoms with Crippen LogP contribution in [0.2, 0.25) is 10.0 Å². The molecule has 1 aromatic heterocycles. The summed E-state index contributed by atoms with van der Waals surface area (Å²) in [5.41, 5.74) is 2.80. The van der Waals surface area contributed by atoms with Gasteiger partial charge in [0.05, 0.1) is 43.8 Å². The van der Waals surface area contributed by atoms with Gasteiger partial charge in [-0.15, -0.1) is 0 Å². The molecule has 0 radical (unpaired) electrons. The Hall–Kier alpha value is -3.98. The van der Waals surface area contributed by atoms with Crippen molar-refractivity contribution in [3.63, 3.8) is 0 Å². The van der Waals surface area contributed by atoms with Gasteiger partial charge in [0, 0.05) is 5.69 Å². The third-order valence-corrected chi connectivity index (χ3v) is 7.10. The quantitative estimate of drug-likeness (QED) is 0.125. The number of rotatable bonds is 7. The topological polar surface area (TPSA) is 88.7 Å². The Morgan fingerprint density at radius 3 is 2.26 bits per heavy atom. The van der Waals surface area contributed by atoms with Gasteiger partial charge in [-0.1, -0.05) is 65.3 Å². The highest BCUT2D eigenvalue weighted by atomic mass is 35.5. The van der Waals surface area contributed by atoms with E-state index >= 15 is 0 Å². The maximum atomic E-state index is 13.4. The summed E-state index contributed by atoms with van der Waals surface area (Å²) < 4.78 is 1.44. The predicted octanol–water partition coefficient (Wildman–Crippen LogP) is 7.84. The third kappa shape index (κ3) is 5.94. The molecular weight excluding hydrogens is 541 g/mol. The standard InChI is InChI=1S/C28H19Cl2N5O2S/c29-23-15-14-21(16-24(23)30)35-27(37)22-8-4-5-9-25(22)32-28(35)38-17-26(36)31-18-10-12-20(13-11-18)34-33-19-6-2-1-3-7-19/h1-16H,17H2,(H,31,36). The van der Waals surface area contributed by atoms with Crippen molar-refractivity contribution in [3.8, 4) is 5.69 Å². The minimum Gasteiger partial charge on any atom is -0.325 e. The van der Waals surface area contributed by atoms with E-state index in [4.69, 9.17) is 23.2 Å². The number of nitrogens with one attached hydrogen (secondary N) is 1. The van der Waals surface area contributed by atoms with Gasteiger partial charge in [-0.3, -0.25) is 14.2 Å². The van der Waals surface area contributed by atoms with Crippen molar-refractivity contribution in [2.75, 3.05) is 11.1 Å². The van der Waals surface area contributed by atoms with Gasteiger partial charge < -0.3 is 5.32 Å². The number of nitrogens with zero attached hydrogens (tertiary/aromatic N) is 4. The minimum absolute atomic E-state index is 0.0293. The molecule has 0 aliphatic carbocycles. The molecule has 5 aromatic rings. The number of carbonyl (C=O) groups is 1. The first-order valence-electron chi connectivity index (χ1n) is 11.4. The Bertz CT molecular complexity index is 1710. The lowest BCUT2D eigenvalue weighted by Crippen LogP contribution is -2.23. The summed E-state index contributed by atoms with van der Waals surface area (Å²) in [5, 5.41) is 12.7. The summed E-state index contributed by atoms with van der Waals surface area (Å²) in [6.07, 6.45) is 0. The van der Waals surface area contributed by atoms with E-state index in [1.165, 1.54) is 4.57 Å². The highest BCUT2D eigenvalue weighted by Crippen LogP contribution is 2.27. The maximum absolute atomic E-state index is 13.4. The number of azo groups is 1. The largest absolute Gasteiger partial charge is 0.325 e. The van der Waals surface area contributed by atoms with Crippen LogP contribution in [-0.2, 0) is 4.79 Å². The molecule has 0 aliphatic heterocycles. The molecule has 0 aliphatic rings. The predicted molar refractivity (Wildman–Crippen MR) is 154 cm³/mol. The minimum atomic E-state index is -0.267. The van der Waals surface area contributed by atoms with E-state index in [1.807, 2.05) is 36.4 Å². The molecule has 0 saturated heterocycles. The zero-order valence-electron chi connectivity index (χ0n) is 19.7. The molecule has 4 aromatic carbocycles. The molecule has 0 bridgehead atoms. The van der Waals surface area contributed by atoms with Gasteiger partial charge >= 0.3 is 0 Å². The summed E-state index contributed by atoms with van der Waals surface area (Å²) in [6, 6.07) is 28.4. The second kappa shape index (κ2) is 11.6. The Balaban J connectivity index is 1.33. The molecular formula is C28H19Cl2N5O2S. The molecule has 7 nitrogen and oxygen atoms in total. The van der Waals surface area contributed by atoms with E-state index in [0.717, 1.165) is 17.4 Å². The molecule has 0 fully saturated rings. The summed E-state index contributed by atoms with van der Waals surface area (Å²) in [4.78, 5) is 30.8. The van der Waals surface area contributed by atoms with Crippen LogP contribution < -0.4 is 10.9 Å². The van der Waals surface area contributed by atoms with Gasteiger partial charge in [0.25, 0.3) is 5.56 Å². The van der Waals surface area contributed by atoms with Crippen LogP contribution in [0.5, 0.6) is 0 Å². The van der Waals surface area contributed by atoms with E-state index in [2.05, 4.69) is 20.5 Å². The number of hydrogen-bond donors (Lipinski definition) is 1. The lowest BCUT2D eigenvalue weighted by atomic mass is 10.2. The van der Waals surface area contributed by atoms with Crippen LogP contribution in [0.3, 0.4) is 0 Å². The summed E-state index contributed by atoms with van der Waals surface area (Å²) in [5.74, 6) is -0.224. The average molecular weight is 560 g/mol. The zero-order valence-corrected chi connectivity index (χ0v) is 22.0. The number of hydrogen-bond acceptors (Lipinski definition) is 6. The molecule has 1 amide bonds. The third-order valence-electron chi connectivity index (χ3n) is 5.43. The summed E-state index contributed by atoms with van der Waals surface area (Å²) >= 11 is 13.4. The van der Waals surface area contributed by atoms with Crippen LogP contribution in [0.4, 0.5) is 17.1 Å². The van der Waals surface area contributed by atoms with Crippen LogP contribution in [-0.4, -0.2) is 21.2 Å². The molecule has 5 rings (SSSR count). The number of aromatic nitrogens is 2. The number of halogens is 2. The first-order chi connectivity index (χ1) is 18.5. The number of benzene rings is 4. The number of carbonyl (C=O) groups excluding carboxylic acids is 1. The van der Waals surface area contributed by atoms with Gasteiger partial charge in [0.1, 0.15) is 0 Å². The monoisotopic (exact) mass is 559 g/mol. The Morgan fingerprint density at radius 2 is 1.53 bits per heavy atom. The molecule has 0 spiro atoms. The summed E-state index contributed by atoms with van der Waals surface area (Å²) in [6.45, 7) is 0. The average Bonchev–Trinajstić information content (AvgIpc) is 2.94. The molecule has 0 atom stereocenters. The molecule has 1 N–H and O–H groups in total. The van der Waals surface area contributed by atoms with E-state index in [1.54, 1.807) is 60.7 Å². The highest BCUT2D eigenvalue weighted by molar-refractivity contribution is 7.99. The van der Waals surface area contributed by atoms with Gasteiger partial charge in [0.15, 0.2) is 5.16 Å². The molecule has 38 heavy (non-hydrogen) atoms. The molecule has 0 saturated carbocycles. The second-order valence-corrected chi connectivity index (χ2v) is 9.83. The normalized spacial score (nSPS) is 11.2. The van der Waals surface area contributed by atoms with Crippen molar-refractivity contribution >= 4 is 68.8 Å². The van der Waals surface area contributed by atoms with Crippen molar-refractivity contribution in [1.29, 1.82) is 0 Å². The van der Waals surface area contributed by atoms with Gasteiger partial charge in [-0.2, -0.15) is 10.2 Å². The smallest absolute Gasteiger partial charge is 0.266 e. The molecule has 0 unspecified atom stereocenters. The van der Waals surface area contributed by atoms with Crippen LogP contribution in [0.1, 0.15) is 0 Å². The molecule has 1 heterocycles. The van der Waals surface area contributed by atoms with Crippen LogP contribution in [0, 0.1) is 0 Å². The Morgan fingerprint density at radius 1 is 0.842 bits per heavy atom. The van der Waals surface area contributed by atoms with Crippen LogP contribution in [0.25, 0.3) is 16.6 Å². The Kier molecular flexibility index (Phi) is 7.83. The number of thioether (sulfide) groups is 1. The van der Waals surface area contributed by atoms with Crippen molar-refractivity contribution in [2.45, 2.75) is 5.16 Å². The number of amides is 1. The van der Waals surface area contributed by atoms with Crippen molar-refractivity contribution in [3.05, 3.63) is 117 Å². The summed E-state index contributed by atoms with van der Waals surface area (Å²) in [7, 11) is 0.